The first-order valence-corrected chi connectivity index (χ1v) is 9.79. The molecule has 5 nitrogen and oxygen atoms in total. The molecule has 2 heterocycles. The van der Waals surface area contributed by atoms with Crippen LogP contribution in [0, 0.1) is 6.92 Å². The van der Waals surface area contributed by atoms with E-state index in [0.29, 0.717) is 18.8 Å². The van der Waals surface area contributed by atoms with Gasteiger partial charge in [-0.15, -0.1) is 22.7 Å². The van der Waals surface area contributed by atoms with Crippen LogP contribution in [0.25, 0.3) is 10.6 Å². The predicted octanol–water partition coefficient (Wildman–Crippen LogP) is 3.95. The van der Waals surface area contributed by atoms with E-state index in [2.05, 4.69) is 15.3 Å². The van der Waals surface area contributed by atoms with Crippen molar-refractivity contribution in [2.45, 2.75) is 20.3 Å². The van der Waals surface area contributed by atoms with Crippen molar-refractivity contribution in [2.24, 2.45) is 0 Å². The highest BCUT2D eigenvalue weighted by Crippen LogP contribution is 2.25. The van der Waals surface area contributed by atoms with Gasteiger partial charge in [0.25, 0.3) is 5.91 Å². The zero-order valence-electron chi connectivity index (χ0n) is 14.1. The number of nitrogens with zero attached hydrogens (tertiary/aromatic N) is 2. The maximum Gasteiger partial charge on any atom is 0.270 e. The number of nitrogens with one attached hydrogen (secondary N) is 1. The molecule has 1 N–H and O–H groups in total. The topological polar surface area (TPSA) is 64.1 Å². The number of aromatic nitrogens is 2. The first kappa shape index (κ1) is 17.6. The molecular weight excluding hydrogens is 354 g/mol. The average molecular weight is 374 g/mol. The molecule has 0 saturated heterocycles. The van der Waals surface area contributed by atoms with Crippen LogP contribution in [0.15, 0.2) is 35.0 Å². The van der Waals surface area contributed by atoms with Gasteiger partial charge in [-0.25, -0.2) is 9.97 Å². The molecule has 0 spiro atoms. The Morgan fingerprint density at radius 3 is 2.64 bits per heavy atom. The second-order valence-electron chi connectivity index (χ2n) is 5.36. The van der Waals surface area contributed by atoms with E-state index in [9.17, 15) is 4.79 Å². The third kappa shape index (κ3) is 4.64. The van der Waals surface area contributed by atoms with Crippen LogP contribution in [-0.2, 0) is 6.42 Å². The zero-order chi connectivity index (χ0) is 17.6. The van der Waals surface area contributed by atoms with Crippen LogP contribution in [-0.4, -0.2) is 29.0 Å². The van der Waals surface area contributed by atoms with E-state index in [4.69, 9.17) is 4.74 Å². The molecule has 2 aromatic heterocycles. The second kappa shape index (κ2) is 8.22. The number of benzene rings is 1. The lowest BCUT2D eigenvalue weighted by atomic mass is 10.2. The summed E-state index contributed by atoms with van der Waals surface area (Å²) < 4.78 is 5.44. The number of carbonyl (C=O) groups excluding carboxylic acids is 1. The van der Waals surface area contributed by atoms with Gasteiger partial charge in [0.2, 0.25) is 0 Å². The largest absolute Gasteiger partial charge is 0.494 e. The highest BCUT2D eigenvalue weighted by atomic mass is 32.1. The first-order valence-electron chi connectivity index (χ1n) is 8.03. The first-order chi connectivity index (χ1) is 12.2. The fraction of sp³-hybridized carbons (Fsp3) is 0.278. The monoisotopic (exact) mass is 373 g/mol. The van der Waals surface area contributed by atoms with Crippen LogP contribution in [0.1, 0.15) is 28.1 Å². The molecule has 0 aliphatic rings. The van der Waals surface area contributed by atoms with Gasteiger partial charge in [-0.3, -0.25) is 4.79 Å². The second-order valence-corrected chi connectivity index (χ2v) is 7.28. The maximum atomic E-state index is 12.2. The van der Waals surface area contributed by atoms with Crippen LogP contribution in [0.2, 0.25) is 0 Å². The molecule has 130 valence electrons. The summed E-state index contributed by atoms with van der Waals surface area (Å²) in [5.74, 6) is 0.679. The van der Waals surface area contributed by atoms with Gasteiger partial charge >= 0.3 is 0 Å². The molecule has 0 saturated carbocycles. The number of rotatable bonds is 7. The SMILES string of the molecule is CCOc1ccc(-c2nc(C(=O)NCCc3csc(C)n3)cs2)cc1. The fourth-order valence-electron chi connectivity index (χ4n) is 2.29. The van der Waals surface area contributed by atoms with E-state index in [-0.39, 0.29) is 5.91 Å². The van der Waals surface area contributed by atoms with Crippen LogP contribution in [0.5, 0.6) is 5.75 Å². The summed E-state index contributed by atoms with van der Waals surface area (Å²) in [6.07, 6.45) is 0.728. The summed E-state index contributed by atoms with van der Waals surface area (Å²) in [4.78, 5) is 21.0. The number of carbonyl (C=O) groups is 1. The summed E-state index contributed by atoms with van der Waals surface area (Å²) in [5, 5.41) is 8.57. The highest BCUT2D eigenvalue weighted by Gasteiger charge is 2.12. The van der Waals surface area contributed by atoms with Gasteiger partial charge in [-0.1, -0.05) is 0 Å². The average Bonchev–Trinajstić information content (AvgIpc) is 3.25. The third-order valence-electron chi connectivity index (χ3n) is 3.48. The number of aryl methyl sites for hydroxylation is 1. The Labute approximate surface area is 154 Å². The van der Waals surface area contributed by atoms with Crippen molar-refractivity contribution >= 4 is 28.6 Å². The third-order valence-corrected chi connectivity index (χ3v) is 5.20. The van der Waals surface area contributed by atoms with Crippen molar-refractivity contribution in [1.29, 1.82) is 0 Å². The Balaban J connectivity index is 1.57. The zero-order valence-corrected chi connectivity index (χ0v) is 15.7. The predicted molar refractivity (Wildman–Crippen MR) is 102 cm³/mol. The number of amides is 1. The van der Waals surface area contributed by atoms with Crippen LogP contribution in [0.3, 0.4) is 0 Å². The van der Waals surface area contributed by atoms with E-state index in [1.807, 2.05) is 43.5 Å². The van der Waals surface area contributed by atoms with Crippen LogP contribution in [0.4, 0.5) is 0 Å². The summed E-state index contributed by atoms with van der Waals surface area (Å²) in [5.41, 5.74) is 2.44. The summed E-state index contributed by atoms with van der Waals surface area (Å²) in [7, 11) is 0. The molecule has 7 heteroatoms. The molecule has 0 fully saturated rings. The number of ether oxygens (including phenoxy) is 1. The van der Waals surface area contributed by atoms with E-state index in [1.165, 1.54) is 11.3 Å². The van der Waals surface area contributed by atoms with E-state index >= 15 is 0 Å². The Hall–Kier alpha value is -2.25. The Kier molecular flexibility index (Phi) is 5.78. The molecule has 25 heavy (non-hydrogen) atoms. The lowest BCUT2D eigenvalue weighted by Crippen LogP contribution is -2.26. The fourth-order valence-corrected chi connectivity index (χ4v) is 3.74. The van der Waals surface area contributed by atoms with Gasteiger partial charge in [0, 0.05) is 29.3 Å². The van der Waals surface area contributed by atoms with Crippen LogP contribution >= 0.6 is 22.7 Å². The Bertz CT molecular complexity index is 840. The molecular formula is C18H19N3O2S2. The molecule has 0 aliphatic heterocycles. The van der Waals surface area contributed by atoms with Gasteiger partial charge in [-0.05, 0) is 38.1 Å². The van der Waals surface area contributed by atoms with Gasteiger partial charge in [0.1, 0.15) is 16.5 Å². The van der Waals surface area contributed by atoms with Crippen molar-refractivity contribution in [1.82, 2.24) is 15.3 Å². The normalized spacial score (nSPS) is 10.6. The summed E-state index contributed by atoms with van der Waals surface area (Å²) in [6.45, 7) is 5.12. The quantitative estimate of drug-likeness (QED) is 0.681. The van der Waals surface area contributed by atoms with Gasteiger partial charge in [-0.2, -0.15) is 0 Å². The summed E-state index contributed by atoms with van der Waals surface area (Å²) in [6, 6.07) is 7.73. The minimum Gasteiger partial charge on any atom is -0.494 e. The van der Waals surface area contributed by atoms with E-state index < -0.39 is 0 Å². The smallest absolute Gasteiger partial charge is 0.270 e. The van der Waals surface area contributed by atoms with E-state index in [1.54, 1.807) is 16.7 Å². The maximum absolute atomic E-state index is 12.2. The van der Waals surface area contributed by atoms with Gasteiger partial charge in [0.15, 0.2) is 0 Å². The number of thiazole rings is 2. The van der Waals surface area contributed by atoms with Crippen molar-refractivity contribution in [3.05, 3.63) is 51.4 Å². The van der Waals surface area contributed by atoms with Crippen molar-refractivity contribution < 1.29 is 9.53 Å². The van der Waals surface area contributed by atoms with Crippen LogP contribution < -0.4 is 10.1 Å². The molecule has 3 rings (SSSR count). The van der Waals surface area contributed by atoms with Crippen molar-refractivity contribution in [3.63, 3.8) is 0 Å². The van der Waals surface area contributed by atoms with E-state index in [0.717, 1.165) is 33.4 Å². The van der Waals surface area contributed by atoms with Gasteiger partial charge < -0.3 is 10.1 Å². The highest BCUT2D eigenvalue weighted by molar-refractivity contribution is 7.13. The molecule has 1 amide bonds. The molecule has 0 aliphatic carbocycles. The standard InChI is InChI=1S/C18H19N3O2S2/c1-3-23-15-6-4-13(5-7-15)18-21-16(11-25-18)17(22)19-9-8-14-10-24-12(2)20-14/h4-7,10-11H,3,8-9H2,1-2H3,(H,19,22). The lowest BCUT2D eigenvalue weighted by molar-refractivity contribution is 0.0950. The molecule has 3 aromatic rings. The molecule has 0 atom stereocenters. The Morgan fingerprint density at radius 1 is 1.16 bits per heavy atom. The van der Waals surface area contributed by atoms with Crippen molar-refractivity contribution in [3.8, 4) is 16.3 Å². The Morgan fingerprint density at radius 2 is 1.96 bits per heavy atom. The lowest BCUT2D eigenvalue weighted by Gasteiger charge is -2.03. The summed E-state index contributed by atoms with van der Waals surface area (Å²) >= 11 is 3.08. The number of hydrogen-bond acceptors (Lipinski definition) is 6. The molecule has 1 aromatic carbocycles. The molecule has 0 unspecified atom stereocenters. The molecule has 0 radical (unpaired) electrons. The molecule has 0 bridgehead atoms. The number of hydrogen-bond donors (Lipinski definition) is 1. The van der Waals surface area contributed by atoms with Gasteiger partial charge in [0.05, 0.1) is 17.3 Å². The minimum absolute atomic E-state index is 0.152. The minimum atomic E-state index is -0.152. The van der Waals surface area contributed by atoms with Crippen molar-refractivity contribution in [2.75, 3.05) is 13.2 Å².